The first-order valence-electron chi connectivity index (χ1n) is 8.02. The van der Waals surface area contributed by atoms with Gasteiger partial charge in [0.05, 0.1) is 17.3 Å². The van der Waals surface area contributed by atoms with Crippen LogP contribution in [0.4, 0.5) is 11.4 Å². The Hall–Kier alpha value is -3.75. The normalized spacial score (nSPS) is 10.3. The Balaban J connectivity index is 1.79. The van der Waals surface area contributed by atoms with Crippen molar-refractivity contribution in [1.29, 1.82) is 0 Å². The fourth-order valence-electron chi connectivity index (χ4n) is 2.38. The van der Waals surface area contributed by atoms with Gasteiger partial charge in [0.2, 0.25) is 0 Å². The monoisotopic (exact) mass is 339 g/mol. The summed E-state index contributed by atoms with van der Waals surface area (Å²) in [4.78, 5) is 18.9. The van der Waals surface area contributed by atoms with Crippen molar-refractivity contribution in [3.05, 3.63) is 90.5 Å². The Bertz CT molecular complexity index is 984. The Morgan fingerprint density at radius 3 is 2.19 bits per heavy atom. The van der Waals surface area contributed by atoms with Crippen molar-refractivity contribution in [2.45, 2.75) is 0 Å². The van der Waals surface area contributed by atoms with Crippen molar-refractivity contribution >= 4 is 29.4 Å². The zero-order valence-corrected chi connectivity index (χ0v) is 13.9. The number of benzene rings is 3. The number of aliphatic imine (C=N–C) groups is 2. The predicted molar refractivity (Wildman–Crippen MR) is 102 cm³/mol. The molecule has 0 aliphatic carbocycles. The number of para-hydroxylation sites is 1. The fourth-order valence-corrected chi connectivity index (χ4v) is 2.38. The van der Waals surface area contributed by atoms with E-state index in [9.17, 15) is 9.90 Å². The minimum Gasteiger partial charge on any atom is -0.545 e. The van der Waals surface area contributed by atoms with Crippen LogP contribution in [0, 0.1) is 0 Å². The molecule has 0 saturated carbocycles. The van der Waals surface area contributed by atoms with Gasteiger partial charge in [0.1, 0.15) is 6.01 Å². The third-order valence-corrected chi connectivity index (χ3v) is 3.66. The van der Waals surface area contributed by atoms with Gasteiger partial charge in [-0.3, -0.25) is 0 Å². The molecule has 0 aliphatic heterocycles. The minimum absolute atomic E-state index is 0.578. The van der Waals surface area contributed by atoms with Crippen LogP contribution in [0.1, 0.15) is 5.56 Å². The van der Waals surface area contributed by atoms with Gasteiger partial charge in [-0.25, -0.2) is 0 Å². The molecule has 3 aromatic carbocycles. The number of carbonyl (C=O) groups is 1. The summed E-state index contributed by atoms with van der Waals surface area (Å²) in [5.41, 5.74) is 4.22. The van der Waals surface area contributed by atoms with Gasteiger partial charge in [-0.1, -0.05) is 66.7 Å². The molecule has 3 aromatic rings. The first-order chi connectivity index (χ1) is 12.7. The summed E-state index contributed by atoms with van der Waals surface area (Å²) < 4.78 is 0. The fraction of sp³-hybridized carbons (Fsp3) is 0. The van der Waals surface area contributed by atoms with E-state index in [-0.39, 0.29) is 0 Å². The van der Waals surface area contributed by atoms with E-state index in [1.807, 2.05) is 48.5 Å². The molecule has 0 aromatic heterocycles. The summed E-state index contributed by atoms with van der Waals surface area (Å²) in [5.74, 6) is -1.25. The number of rotatable bonds is 5. The molecule has 0 amide bonds. The second-order valence-electron chi connectivity index (χ2n) is 5.45. The molecule has 0 aliphatic rings. The second-order valence-corrected chi connectivity index (χ2v) is 5.45. The number of carbonyl (C=O) groups excluding carboxylic acids is 1. The summed E-state index contributed by atoms with van der Waals surface area (Å²) in [6.45, 7) is 0. The Morgan fingerprint density at radius 1 is 0.808 bits per heavy atom. The SMILES string of the molecule is O=C([O-])C=Cc1ccccc1N=C=Nc1ccc(-c2ccccc2)cc1. The maximum Gasteiger partial charge on any atom is 0.100 e. The molecule has 0 atom stereocenters. The molecule has 4 heteroatoms. The van der Waals surface area contributed by atoms with Crippen LogP contribution in [-0.4, -0.2) is 12.0 Å². The van der Waals surface area contributed by atoms with Crippen molar-refractivity contribution < 1.29 is 9.90 Å². The van der Waals surface area contributed by atoms with Crippen LogP contribution in [0.15, 0.2) is 94.9 Å². The lowest BCUT2D eigenvalue weighted by Crippen LogP contribution is -2.18. The zero-order valence-electron chi connectivity index (χ0n) is 13.9. The summed E-state index contributed by atoms with van der Waals surface area (Å²) >= 11 is 0. The highest BCUT2D eigenvalue weighted by atomic mass is 16.4. The van der Waals surface area contributed by atoms with Crippen LogP contribution in [-0.2, 0) is 4.79 Å². The van der Waals surface area contributed by atoms with Gasteiger partial charge in [-0.15, -0.1) is 0 Å². The van der Waals surface area contributed by atoms with Crippen LogP contribution in [0.5, 0.6) is 0 Å². The summed E-state index contributed by atoms with van der Waals surface area (Å²) in [7, 11) is 0. The van der Waals surface area contributed by atoms with Crippen molar-refractivity contribution in [1.82, 2.24) is 0 Å². The standard InChI is InChI=1S/C22H16N2O2/c25-22(26)15-12-19-8-4-5-9-21(19)24-16-23-20-13-10-18(11-14-20)17-6-2-1-3-7-17/h1-15H,(H,25,26)/p-1. The average Bonchev–Trinajstić information content (AvgIpc) is 2.68. The maximum atomic E-state index is 10.6. The Morgan fingerprint density at radius 2 is 1.46 bits per heavy atom. The Labute approximate surface area is 151 Å². The summed E-state index contributed by atoms with van der Waals surface area (Å²) in [6.07, 6.45) is 2.40. The van der Waals surface area contributed by atoms with Crippen LogP contribution in [0.3, 0.4) is 0 Å². The molecule has 0 heterocycles. The van der Waals surface area contributed by atoms with E-state index in [0.717, 1.165) is 22.9 Å². The molecule has 3 rings (SSSR count). The average molecular weight is 339 g/mol. The van der Waals surface area contributed by atoms with E-state index >= 15 is 0 Å². The second kappa shape index (κ2) is 8.38. The molecule has 0 fully saturated rings. The molecule has 0 spiro atoms. The summed E-state index contributed by atoms with van der Waals surface area (Å²) in [5, 5.41) is 10.6. The molecule has 126 valence electrons. The maximum absolute atomic E-state index is 10.6. The highest BCUT2D eigenvalue weighted by molar-refractivity contribution is 5.85. The lowest BCUT2D eigenvalue weighted by atomic mass is 10.1. The molecule has 26 heavy (non-hydrogen) atoms. The molecule has 0 N–H and O–H groups in total. The molecule has 0 radical (unpaired) electrons. The van der Waals surface area contributed by atoms with Gasteiger partial charge in [-0.05, 0) is 35.4 Å². The van der Waals surface area contributed by atoms with Gasteiger partial charge in [-0.2, -0.15) is 9.98 Å². The van der Waals surface area contributed by atoms with Gasteiger partial charge < -0.3 is 9.90 Å². The highest BCUT2D eigenvalue weighted by Gasteiger charge is 1.97. The van der Waals surface area contributed by atoms with Gasteiger partial charge >= 0.3 is 0 Å². The van der Waals surface area contributed by atoms with E-state index < -0.39 is 5.97 Å². The van der Waals surface area contributed by atoms with E-state index in [4.69, 9.17) is 0 Å². The predicted octanol–water partition coefficient (Wildman–Crippen LogP) is 4.25. The number of carboxylic acids is 1. The van der Waals surface area contributed by atoms with E-state index in [1.54, 1.807) is 18.2 Å². The molecule has 0 bridgehead atoms. The van der Waals surface area contributed by atoms with E-state index in [2.05, 4.69) is 28.1 Å². The number of hydrogen-bond acceptors (Lipinski definition) is 4. The van der Waals surface area contributed by atoms with Gasteiger partial charge in [0, 0.05) is 5.56 Å². The smallest absolute Gasteiger partial charge is 0.100 e. The van der Waals surface area contributed by atoms with Crippen molar-refractivity contribution in [3.8, 4) is 11.1 Å². The van der Waals surface area contributed by atoms with Crippen molar-refractivity contribution in [2.75, 3.05) is 0 Å². The van der Waals surface area contributed by atoms with Crippen LogP contribution in [0.2, 0.25) is 0 Å². The van der Waals surface area contributed by atoms with Crippen LogP contribution < -0.4 is 5.11 Å². The lowest BCUT2D eigenvalue weighted by molar-refractivity contribution is -0.297. The molecular weight excluding hydrogens is 324 g/mol. The largest absolute Gasteiger partial charge is 0.545 e. The first kappa shape index (κ1) is 17.1. The minimum atomic E-state index is -1.25. The van der Waals surface area contributed by atoms with E-state index in [1.165, 1.54) is 6.08 Å². The number of aliphatic carboxylic acids is 1. The third kappa shape index (κ3) is 4.63. The van der Waals surface area contributed by atoms with E-state index in [0.29, 0.717) is 11.3 Å². The molecule has 0 unspecified atom stereocenters. The van der Waals surface area contributed by atoms with Crippen LogP contribution in [0.25, 0.3) is 17.2 Å². The molecule has 4 nitrogen and oxygen atoms in total. The summed E-state index contributed by atoms with van der Waals surface area (Å²) in [6, 6.07) is 27.7. The molecule has 0 saturated heterocycles. The van der Waals surface area contributed by atoms with Crippen molar-refractivity contribution in [3.63, 3.8) is 0 Å². The van der Waals surface area contributed by atoms with Gasteiger partial charge in [0.15, 0.2) is 0 Å². The number of hydrogen-bond donors (Lipinski definition) is 0. The quantitative estimate of drug-likeness (QED) is 0.515. The topological polar surface area (TPSA) is 64.8 Å². The van der Waals surface area contributed by atoms with Crippen LogP contribution >= 0.6 is 0 Å². The Kier molecular flexibility index (Phi) is 5.51. The molecular formula is C22H15N2O2-. The number of nitrogens with zero attached hydrogens (tertiary/aromatic N) is 2. The van der Waals surface area contributed by atoms with Crippen molar-refractivity contribution in [2.24, 2.45) is 9.98 Å². The lowest BCUT2D eigenvalue weighted by Gasteiger charge is -2.00. The van der Waals surface area contributed by atoms with Gasteiger partial charge in [0.25, 0.3) is 0 Å². The third-order valence-electron chi connectivity index (χ3n) is 3.66. The number of carboxylic acid groups (broad SMARTS) is 1. The highest BCUT2D eigenvalue weighted by Crippen LogP contribution is 2.22. The first-order valence-corrected chi connectivity index (χ1v) is 8.02. The zero-order chi connectivity index (χ0) is 18.2.